The summed E-state index contributed by atoms with van der Waals surface area (Å²) in [6.45, 7) is 6.66. The molecule has 11 heteroatoms. The quantitative estimate of drug-likeness (QED) is 0.269. The van der Waals surface area contributed by atoms with Crippen LogP contribution >= 0.6 is 0 Å². The number of para-hydroxylation sites is 1. The van der Waals surface area contributed by atoms with Crippen LogP contribution in [0.4, 0.5) is 4.79 Å². The number of phenols is 1. The van der Waals surface area contributed by atoms with Crippen LogP contribution in [-0.2, 0) is 29.1 Å². The van der Waals surface area contributed by atoms with Gasteiger partial charge >= 0.3 is 6.03 Å². The van der Waals surface area contributed by atoms with Crippen LogP contribution in [0.25, 0.3) is 10.9 Å². The Balaban J connectivity index is 1.37. The van der Waals surface area contributed by atoms with Crippen molar-refractivity contribution in [2.24, 2.45) is 0 Å². The number of rotatable bonds is 8. The summed E-state index contributed by atoms with van der Waals surface area (Å²) in [5.41, 5.74) is 4.30. The number of fused-ring (bicyclic) bond motifs is 2. The van der Waals surface area contributed by atoms with Crippen molar-refractivity contribution in [1.29, 1.82) is 0 Å². The number of urea groups is 1. The SMILES string of the molecule is C=CCN1CC(=O)N2C(Cc3ccc(O)cc3)C(=O)N(Cc3cccc4c(C)[nH]nc34)C[C@@H]2N1C(=O)NCc1ccccc1. The molecular formula is C33H35N7O4. The van der Waals surface area contributed by atoms with E-state index in [1.54, 1.807) is 50.2 Å². The van der Waals surface area contributed by atoms with Crippen molar-refractivity contribution in [3.05, 3.63) is 108 Å². The Bertz CT molecular complexity index is 1690. The minimum atomic E-state index is -0.860. The van der Waals surface area contributed by atoms with Gasteiger partial charge in [0.15, 0.2) is 0 Å². The van der Waals surface area contributed by atoms with E-state index in [2.05, 4.69) is 22.1 Å². The Hall–Kier alpha value is -5.16. The number of carbonyl (C=O) groups excluding carboxylic acids is 3. The smallest absolute Gasteiger partial charge is 0.334 e. The standard InChI is InChI=1S/C33H35N7O4/c1-3-16-38-21-30(42)39-28(17-23-12-14-26(41)15-13-23)32(43)37(19-25-10-7-11-27-22(2)35-36-31(25)27)20-29(39)40(38)33(44)34-18-24-8-5-4-6-9-24/h3-15,28-29,41H,1,16-21H2,2H3,(H,34,44)(H,35,36)/t28?,29-/m0/s1. The summed E-state index contributed by atoms with van der Waals surface area (Å²) >= 11 is 0. The van der Waals surface area contributed by atoms with Crippen molar-refractivity contribution in [1.82, 2.24) is 35.3 Å². The lowest BCUT2D eigenvalue weighted by Crippen LogP contribution is -2.76. The Labute approximate surface area is 255 Å². The van der Waals surface area contributed by atoms with E-state index in [9.17, 15) is 19.5 Å². The van der Waals surface area contributed by atoms with Gasteiger partial charge in [0, 0.05) is 37.1 Å². The molecule has 2 fully saturated rings. The maximum Gasteiger partial charge on any atom is 0.334 e. The van der Waals surface area contributed by atoms with Crippen LogP contribution in [0.3, 0.4) is 0 Å². The van der Waals surface area contributed by atoms with Gasteiger partial charge in [-0.25, -0.2) is 14.8 Å². The normalized spacial score (nSPS) is 18.9. The molecule has 0 radical (unpaired) electrons. The first-order chi connectivity index (χ1) is 21.3. The van der Waals surface area contributed by atoms with Crippen LogP contribution in [-0.4, -0.2) is 84.8 Å². The molecule has 11 nitrogen and oxygen atoms in total. The molecule has 2 saturated heterocycles. The van der Waals surface area contributed by atoms with Gasteiger partial charge in [-0.1, -0.05) is 66.7 Å². The highest BCUT2D eigenvalue weighted by atomic mass is 16.3. The van der Waals surface area contributed by atoms with E-state index in [0.717, 1.165) is 33.3 Å². The second-order valence-corrected chi connectivity index (χ2v) is 11.2. The second kappa shape index (κ2) is 12.2. The molecule has 0 bridgehead atoms. The number of carbonyl (C=O) groups is 3. The van der Waals surface area contributed by atoms with Crippen LogP contribution in [0.5, 0.6) is 5.75 Å². The molecule has 44 heavy (non-hydrogen) atoms. The molecule has 2 aliphatic heterocycles. The maximum atomic E-state index is 14.2. The summed E-state index contributed by atoms with van der Waals surface area (Å²) in [6.07, 6.45) is 1.12. The van der Waals surface area contributed by atoms with E-state index < -0.39 is 12.2 Å². The highest BCUT2D eigenvalue weighted by Gasteiger charge is 2.51. The number of amides is 4. The van der Waals surface area contributed by atoms with Gasteiger partial charge in [0.25, 0.3) is 0 Å². The summed E-state index contributed by atoms with van der Waals surface area (Å²) in [4.78, 5) is 45.2. The molecule has 2 aliphatic rings. The predicted molar refractivity (Wildman–Crippen MR) is 165 cm³/mol. The zero-order valence-electron chi connectivity index (χ0n) is 24.5. The minimum Gasteiger partial charge on any atom is -0.508 e. The van der Waals surface area contributed by atoms with Crippen LogP contribution in [0, 0.1) is 6.92 Å². The third-order valence-corrected chi connectivity index (χ3v) is 8.25. The summed E-state index contributed by atoms with van der Waals surface area (Å²) in [5.74, 6) is -0.347. The lowest BCUT2D eigenvalue weighted by Gasteiger charge is -2.55. The number of piperazine rings is 1. The number of aromatic nitrogens is 2. The fourth-order valence-electron chi connectivity index (χ4n) is 6.11. The average Bonchev–Trinajstić information content (AvgIpc) is 3.41. The Morgan fingerprint density at radius 1 is 1.07 bits per heavy atom. The molecule has 1 unspecified atom stereocenters. The monoisotopic (exact) mass is 593 g/mol. The molecule has 1 aromatic heterocycles. The van der Waals surface area contributed by atoms with Gasteiger partial charge in [0.2, 0.25) is 11.8 Å². The lowest BCUT2D eigenvalue weighted by molar-refractivity contribution is -0.189. The highest BCUT2D eigenvalue weighted by molar-refractivity contribution is 5.92. The molecule has 0 spiro atoms. The third kappa shape index (κ3) is 5.61. The summed E-state index contributed by atoms with van der Waals surface area (Å²) in [7, 11) is 0. The summed E-state index contributed by atoms with van der Waals surface area (Å²) in [5, 5.41) is 24.6. The number of nitrogens with zero attached hydrogens (tertiary/aromatic N) is 5. The fourth-order valence-corrected chi connectivity index (χ4v) is 6.11. The summed E-state index contributed by atoms with van der Waals surface area (Å²) < 4.78 is 0. The number of phenolic OH excluding ortho intramolecular Hbond substituents is 1. The van der Waals surface area contributed by atoms with Gasteiger partial charge < -0.3 is 20.2 Å². The number of hydrazine groups is 1. The van der Waals surface area contributed by atoms with Gasteiger partial charge in [0.1, 0.15) is 18.0 Å². The molecule has 3 N–H and O–H groups in total. The molecule has 0 saturated carbocycles. The molecule has 2 atom stereocenters. The van der Waals surface area contributed by atoms with Crippen molar-refractivity contribution in [2.45, 2.75) is 38.6 Å². The van der Waals surface area contributed by atoms with Crippen molar-refractivity contribution in [3.8, 4) is 5.75 Å². The molecule has 4 aromatic rings. The zero-order valence-corrected chi connectivity index (χ0v) is 24.5. The lowest BCUT2D eigenvalue weighted by atomic mass is 9.98. The van der Waals surface area contributed by atoms with Gasteiger partial charge in [-0.05, 0) is 35.7 Å². The van der Waals surface area contributed by atoms with Crippen molar-refractivity contribution in [2.75, 3.05) is 19.6 Å². The number of aromatic amines is 1. The number of aryl methyl sites for hydroxylation is 1. The Morgan fingerprint density at radius 2 is 1.84 bits per heavy atom. The number of H-pyrrole nitrogens is 1. The van der Waals surface area contributed by atoms with E-state index >= 15 is 0 Å². The number of benzene rings is 3. The van der Waals surface area contributed by atoms with E-state index in [0.29, 0.717) is 6.54 Å². The zero-order chi connectivity index (χ0) is 30.8. The fraction of sp³-hybridized carbons (Fsp3) is 0.273. The first-order valence-electron chi connectivity index (χ1n) is 14.6. The second-order valence-electron chi connectivity index (χ2n) is 11.2. The molecule has 6 rings (SSSR count). The number of nitrogens with one attached hydrogen (secondary N) is 2. The Morgan fingerprint density at radius 3 is 2.59 bits per heavy atom. The number of hydrogen-bond acceptors (Lipinski definition) is 6. The van der Waals surface area contributed by atoms with E-state index in [-0.39, 0.29) is 56.2 Å². The maximum absolute atomic E-state index is 14.2. The molecule has 226 valence electrons. The molecule has 3 aromatic carbocycles. The van der Waals surface area contributed by atoms with Crippen molar-refractivity contribution < 1.29 is 19.5 Å². The summed E-state index contributed by atoms with van der Waals surface area (Å²) in [6, 6.07) is 20.8. The molecule has 0 aliphatic carbocycles. The topological polar surface area (TPSA) is 125 Å². The van der Waals surface area contributed by atoms with E-state index in [4.69, 9.17) is 0 Å². The van der Waals surface area contributed by atoms with Gasteiger partial charge in [-0.2, -0.15) is 5.10 Å². The largest absolute Gasteiger partial charge is 0.508 e. The first kappa shape index (κ1) is 28.9. The number of hydrogen-bond donors (Lipinski definition) is 3. The molecule has 3 heterocycles. The van der Waals surface area contributed by atoms with Gasteiger partial charge in [-0.3, -0.25) is 14.7 Å². The molecular weight excluding hydrogens is 558 g/mol. The highest BCUT2D eigenvalue weighted by Crippen LogP contribution is 2.30. The van der Waals surface area contributed by atoms with E-state index in [1.807, 2.05) is 55.5 Å². The average molecular weight is 594 g/mol. The van der Waals surface area contributed by atoms with Gasteiger partial charge in [0.05, 0.1) is 18.6 Å². The van der Waals surface area contributed by atoms with Gasteiger partial charge in [-0.15, -0.1) is 6.58 Å². The minimum absolute atomic E-state index is 0.0769. The van der Waals surface area contributed by atoms with Crippen LogP contribution in [0.2, 0.25) is 0 Å². The molecule has 4 amide bonds. The predicted octanol–water partition coefficient (Wildman–Crippen LogP) is 3.31. The van der Waals surface area contributed by atoms with E-state index in [1.165, 1.54) is 0 Å². The van der Waals surface area contributed by atoms with Crippen molar-refractivity contribution >= 4 is 28.7 Å². The number of aromatic hydroxyl groups is 1. The van der Waals surface area contributed by atoms with Crippen molar-refractivity contribution in [3.63, 3.8) is 0 Å². The Kier molecular flexibility index (Phi) is 8.03. The van der Waals surface area contributed by atoms with Crippen LogP contribution in [0.1, 0.15) is 22.4 Å². The third-order valence-electron chi connectivity index (χ3n) is 8.25. The first-order valence-corrected chi connectivity index (χ1v) is 14.6. The van der Waals surface area contributed by atoms with Crippen LogP contribution in [0.15, 0.2) is 85.5 Å². The van der Waals surface area contributed by atoms with Crippen LogP contribution < -0.4 is 5.32 Å².